The van der Waals surface area contributed by atoms with Crippen molar-refractivity contribution in [2.24, 2.45) is 0 Å². The minimum atomic E-state index is 0.419. The van der Waals surface area contributed by atoms with Crippen LogP contribution in [-0.4, -0.2) is 30.0 Å². The van der Waals surface area contributed by atoms with Crippen LogP contribution in [-0.2, 0) is 9.47 Å². The summed E-state index contributed by atoms with van der Waals surface area (Å²) in [5.41, 5.74) is 0. The summed E-state index contributed by atoms with van der Waals surface area (Å²) in [4.78, 5) is 0. The summed E-state index contributed by atoms with van der Waals surface area (Å²) in [6, 6.07) is 0. The largest absolute Gasteiger partial charge is 0.477 e. The minimum absolute atomic E-state index is 0.419. The first-order chi connectivity index (χ1) is 4.33. The van der Waals surface area contributed by atoms with Crippen LogP contribution in [0.15, 0.2) is 0 Å². The SMILES string of the molecule is COCC1COC(=S)S1. The van der Waals surface area contributed by atoms with Crippen LogP contribution in [0.25, 0.3) is 0 Å². The minimum Gasteiger partial charge on any atom is -0.477 e. The molecule has 0 aromatic rings. The number of thiocarbonyl (C=S) groups is 1. The Morgan fingerprint density at radius 1 is 2.00 bits per heavy atom. The van der Waals surface area contributed by atoms with Gasteiger partial charge in [-0.1, -0.05) is 11.8 Å². The van der Waals surface area contributed by atoms with Crippen LogP contribution in [0.3, 0.4) is 0 Å². The van der Waals surface area contributed by atoms with Crippen molar-refractivity contribution in [2.75, 3.05) is 20.3 Å². The Labute approximate surface area is 63.9 Å². The van der Waals surface area contributed by atoms with Gasteiger partial charge in [-0.25, -0.2) is 0 Å². The van der Waals surface area contributed by atoms with Gasteiger partial charge >= 0.3 is 0 Å². The van der Waals surface area contributed by atoms with E-state index in [1.165, 1.54) is 0 Å². The van der Waals surface area contributed by atoms with Crippen molar-refractivity contribution in [1.29, 1.82) is 0 Å². The normalized spacial score (nSPS) is 26.3. The molecule has 1 fully saturated rings. The quantitative estimate of drug-likeness (QED) is 0.568. The Bertz CT molecular complexity index is 116. The summed E-state index contributed by atoms with van der Waals surface area (Å²) in [5.74, 6) is 0. The van der Waals surface area contributed by atoms with Gasteiger partial charge in [0.1, 0.15) is 6.61 Å². The number of hydrogen-bond acceptors (Lipinski definition) is 4. The third kappa shape index (κ3) is 2.12. The van der Waals surface area contributed by atoms with Crippen LogP contribution in [0.4, 0.5) is 0 Å². The van der Waals surface area contributed by atoms with E-state index in [4.69, 9.17) is 21.7 Å². The van der Waals surface area contributed by atoms with Gasteiger partial charge in [-0.15, -0.1) is 0 Å². The second-order valence-corrected chi connectivity index (χ2v) is 3.66. The predicted molar refractivity (Wildman–Crippen MR) is 41.8 cm³/mol. The molecule has 9 heavy (non-hydrogen) atoms. The summed E-state index contributed by atoms with van der Waals surface area (Å²) in [6.07, 6.45) is 0. The highest BCUT2D eigenvalue weighted by atomic mass is 32.2. The standard InChI is InChI=1S/C5H8O2S2/c1-6-2-4-3-7-5(8)9-4/h4H,2-3H2,1H3. The van der Waals surface area contributed by atoms with Crippen molar-refractivity contribution < 1.29 is 9.47 Å². The van der Waals surface area contributed by atoms with Gasteiger partial charge in [0.2, 0.25) is 4.38 Å². The van der Waals surface area contributed by atoms with Gasteiger partial charge in [0, 0.05) is 7.11 Å². The van der Waals surface area contributed by atoms with E-state index in [-0.39, 0.29) is 0 Å². The van der Waals surface area contributed by atoms with E-state index in [0.717, 1.165) is 6.61 Å². The zero-order valence-corrected chi connectivity index (χ0v) is 6.76. The van der Waals surface area contributed by atoms with Crippen molar-refractivity contribution in [3.63, 3.8) is 0 Å². The first-order valence-corrected chi connectivity index (χ1v) is 3.94. The molecule has 0 bridgehead atoms. The van der Waals surface area contributed by atoms with Gasteiger partial charge in [-0.05, 0) is 12.2 Å². The summed E-state index contributed by atoms with van der Waals surface area (Å²) < 4.78 is 10.6. The second-order valence-electron chi connectivity index (χ2n) is 1.76. The van der Waals surface area contributed by atoms with E-state index < -0.39 is 0 Å². The molecule has 1 rings (SSSR count). The van der Waals surface area contributed by atoms with Gasteiger partial charge in [0.25, 0.3) is 0 Å². The van der Waals surface area contributed by atoms with Gasteiger partial charge in [-0.3, -0.25) is 0 Å². The number of thioether (sulfide) groups is 1. The molecule has 1 aliphatic heterocycles. The third-order valence-corrected chi connectivity index (χ3v) is 2.32. The molecule has 0 radical (unpaired) electrons. The van der Waals surface area contributed by atoms with Crippen molar-refractivity contribution in [1.82, 2.24) is 0 Å². The van der Waals surface area contributed by atoms with Crippen LogP contribution in [0.2, 0.25) is 0 Å². The molecule has 2 nitrogen and oxygen atoms in total. The van der Waals surface area contributed by atoms with E-state index in [1.807, 2.05) is 0 Å². The van der Waals surface area contributed by atoms with Crippen LogP contribution >= 0.6 is 24.0 Å². The van der Waals surface area contributed by atoms with E-state index in [9.17, 15) is 0 Å². The molecule has 1 aliphatic rings. The van der Waals surface area contributed by atoms with Crippen molar-refractivity contribution in [3.8, 4) is 0 Å². The summed E-state index contributed by atoms with van der Waals surface area (Å²) >= 11 is 6.37. The molecule has 0 saturated carbocycles. The lowest BCUT2D eigenvalue weighted by atomic mass is 10.5. The first kappa shape index (κ1) is 7.31. The lowest BCUT2D eigenvalue weighted by Crippen LogP contribution is -2.10. The lowest BCUT2D eigenvalue weighted by Gasteiger charge is -2.00. The average Bonchev–Trinajstić information content (AvgIpc) is 2.17. The van der Waals surface area contributed by atoms with Crippen molar-refractivity contribution in [2.45, 2.75) is 5.25 Å². The molecule has 0 aliphatic carbocycles. The van der Waals surface area contributed by atoms with Gasteiger partial charge in [-0.2, -0.15) is 0 Å². The van der Waals surface area contributed by atoms with Gasteiger partial charge < -0.3 is 9.47 Å². The Kier molecular flexibility index (Phi) is 2.75. The highest BCUT2D eigenvalue weighted by molar-refractivity contribution is 8.23. The Morgan fingerprint density at radius 2 is 2.78 bits per heavy atom. The maximum absolute atomic E-state index is 5.03. The Hall–Kier alpha value is 0.200. The molecule has 52 valence electrons. The van der Waals surface area contributed by atoms with Gasteiger partial charge in [0.15, 0.2) is 0 Å². The number of hydrogen-bond donors (Lipinski definition) is 0. The molecule has 0 N–H and O–H groups in total. The summed E-state index contributed by atoms with van der Waals surface area (Å²) in [5, 5.41) is 0.419. The maximum Gasteiger partial charge on any atom is 0.220 e. The molecule has 4 heteroatoms. The predicted octanol–water partition coefficient (Wildman–Crippen LogP) is 1.05. The molecular formula is C5H8O2S2. The lowest BCUT2D eigenvalue weighted by molar-refractivity contribution is 0.182. The molecule has 0 aromatic carbocycles. The molecule has 0 amide bonds. The van der Waals surface area contributed by atoms with E-state index in [2.05, 4.69) is 0 Å². The fraction of sp³-hybridized carbons (Fsp3) is 0.800. The third-order valence-electron chi connectivity index (χ3n) is 1.00. The molecule has 0 aromatic heterocycles. The number of rotatable bonds is 2. The maximum atomic E-state index is 5.03. The number of ether oxygens (including phenoxy) is 2. The fourth-order valence-corrected chi connectivity index (χ4v) is 1.86. The zero-order valence-electron chi connectivity index (χ0n) is 5.12. The Morgan fingerprint density at radius 3 is 3.22 bits per heavy atom. The molecule has 0 spiro atoms. The van der Waals surface area contributed by atoms with Crippen molar-refractivity contribution >= 4 is 28.4 Å². The molecule has 1 unspecified atom stereocenters. The molecular weight excluding hydrogens is 156 g/mol. The van der Waals surface area contributed by atoms with E-state index in [0.29, 0.717) is 16.2 Å². The van der Waals surface area contributed by atoms with Crippen LogP contribution < -0.4 is 0 Å². The van der Waals surface area contributed by atoms with E-state index >= 15 is 0 Å². The molecule has 1 atom stereocenters. The summed E-state index contributed by atoms with van der Waals surface area (Å²) in [6.45, 7) is 1.43. The fourth-order valence-electron chi connectivity index (χ4n) is 0.633. The Balaban J connectivity index is 2.22. The topological polar surface area (TPSA) is 18.5 Å². The smallest absolute Gasteiger partial charge is 0.220 e. The van der Waals surface area contributed by atoms with Crippen LogP contribution in [0, 0.1) is 0 Å². The van der Waals surface area contributed by atoms with Gasteiger partial charge in [0.05, 0.1) is 11.9 Å². The summed E-state index contributed by atoms with van der Waals surface area (Å²) in [7, 11) is 1.68. The van der Waals surface area contributed by atoms with Crippen LogP contribution in [0.5, 0.6) is 0 Å². The zero-order chi connectivity index (χ0) is 6.69. The van der Waals surface area contributed by atoms with E-state index in [1.54, 1.807) is 18.9 Å². The highest BCUT2D eigenvalue weighted by Gasteiger charge is 2.20. The second kappa shape index (κ2) is 3.39. The number of methoxy groups -OCH3 is 1. The monoisotopic (exact) mass is 164 g/mol. The molecule has 1 heterocycles. The molecule has 1 saturated heterocycles. The van der Waals surface area contributed by atoms with Crippen LogP contribution in [0.1, 0.15) is 0 Å². The average molecular weight is 164 g/mol. The van der Waals surface area contributed by atoms with Crippen molar-refractivity contribution in [3.05, 3.63) is 0 Å². The first-order valence-electron chi connectivity index (χ1n) is 2.65. The highest BCUT2D eigenvalue weighted by Crippen LogP contribution is 2.22.